The Kier molecular flexibility index (Phi) is 1.18. The molecule has 2 N–H and O–H groups in total. The molecule has 1 aliphatic rings. The van der Waals surface area contributed by atoms with E-state index in [-0.39, 0.29) is 0 Å². The fourth-order valence-electron chi connectivity index (χ4n) is 0.631. The minimum Gasteiger partial charge on any atom is -0.292 e. The molecule has 44 valence electrons. The second-order valence-corrected chi connectivity index (χ2v) is 1.87. The summed E-state index contributed by atoms with van der Waals surface area (Å²) in [5.74, 6) is -1.68. The quantitative estimate of drug-likeness (QED) is 0.370. The molecule has 2 heteroatoms. The Morgan fingerprint density at radius 2 is 1.88 bits per heavy atom. The van der Waals surface area contributed by atoms with E-state index in [2.05, 4.69) is 0 Å². The average molecular weight is 113 g/mol. The van der Waals surface area contributed by atoms with Crippen LogP contribution in [-0.2, 0) is 0 Å². The van der Waals surface area contributed by atoms with Crippen LogP contribution in [0.5, 0.6) is 0 Å². The van der Waals surface area contributed by atoms with Gasteiger partial charge in [-0.3, -0.25) is 5.73 Å². The predicted octanol–water partition coefficient (Wildman–Crippen LogP) is 1.13. The fourth-order valence-corrected chi connectivity index (χ4v) is 0.631. The maximum absolute atomic E-state index is 12.5. The highest BCUT2D eigenvalue weighted by atomic mass is 19.1. The lowest BCUT2D eigenvalue weighted by Gasteiger charge is -2.11. The summed E-state index contributed by atoms with van der Waals surface area (Å²) in [6.07, 6.45) is 6.92. The van der Waals surface area contributed by atoms with Crippen molar-refractivity contribution in [3.05, 3.63) is 24.3 Å². The van der Waals surface area contributed by atoms with E-state index in [1.54, 1.807) is 12.2 Å². The van der Waals surface area contributed by atoms with Crippen molar-refractivity contribution in [3.8, 4) is 0 Å². The van der Waals surface area contributed by atoms with Crippen LogP contribution in [0.25, 0.3) is 0 Å². The van der Waals surface area contributed by atoms with Gasteiger partial charge in [-0.25, -0.2) is 4.39 Å². The summed E-state index contributed by atoms with van der Waals surface area (Å²) < 4.78 is 12.5. The maximum Gasteiger partial charge on any atom is 0.196 e. The van der Waals surface area contributed by atoms with Gasteiger partial charge in [0, 0.05) is 0 Å². The molecular formula is C6H8FN. The van der Waals surface area contributed by atoms with Crippen molar-refractivity contribution in [1.29, 1.82) is 0 Å². The predicted molar refractivity (Wildman–Crippen MR) is 30.9 cm³/mol. The molecule has 0 amide bonds. The lowest BCUT2D eigenvalue weighted by molar-refractivity contribution is 0.306. The summed E-state index contributed by atoms with van der Waals surface area (Å²) in [5, 5.41) is 0. The zero-order valence-electron chi connectivity index (χ0n) is 4.47. The van der Waals surface area contributed by atoms with Crippen LogP contribution in [0.4, 0.5) is 4.39 Å². The van der Waals surface area contributed by atoms with Gasteiger partial charge in [0.05, 0.1) is 0 Å². The van der Waals surface area contributed by atoms with E-state index in [1.807, 2.05) is 0 Å². The molecule has 8 heavy (non-hydrogen) atoms. The van der Waals surface area contributed by atoms with Crippen molar-refractivity contribution in [2.24, 2.45) is 5.73 Å². The van der Waals surface area contributed by atoms with Crippen LogP contribution in [0, 0.1) is 0 Å². The smallest absolute Gasteiger partial charge is 0.196 e. The number of allylic oxidation sites excluding steroid dienone is 2. The van der Waals surface area contributed by atoms with Gasteiger partial charge in [0.2, 0.25) is 0 Å². The SMILES string of the molecule is NC1(F)C=CCC=C1. The van der Waals surface area contributed by atoms with E-state index >= 15 is 0 Å². The number of rotatable bonds is 0. The van der Waals surface area contributed by atoms with Crippen molar-refractivity contribution < 1.29 is 4.39 Å². The Morgan fingerprint density at radius 1 is 1.38 bits per heavy atom. The molecule has 0 atom stereocenters. The first-order valence-corrected chi connectivity index (χ1v) is 2.54. The van der Waals surface area contributed by atoms with Crippen LogP contribution in [-0.4, -0.2) is 5.79 Å². The summed E-state index contributed by atoms with van der Waals surface area (Å²) in [4.78, 5) is 0. The van der Waals surface area contributed by atoms with Crippen molar-refractivity contribution in [2.75, 3.05) is 0 Å². The molecule has 0 radical (unpaired) electrons. The molecule has 0 saturated heterocycles. The van der Waals surface area contributed by atoms with Gasteiger partial charge >= 0.3 is 0 Å². The molecule has 0 aromatic carbocycles. The Morgan fingerprint density at radius 3 is 2.12 bits per heavy atom. The van der Waals surface area contributed by atoms with E-state index in [0.29, 0.717) is 0 Å². The van der Waals surface area contributed by atoms with Crippen molar-refractivity contribution in [1.82, 2.24) is 0 Å². The fraction of sp³-hybridized carbons (Fsp3) is 0.333. The molecule has 0 fully saturated rings. The Bertz CT molecular complexity index is 121. The summed E-state index contributed by atoms with van der Waals surface area (Å²) in [7, 11) is 0. The third kappa shape index (κ3) is 1.17. The summed E-state index contributed by atoms with van der Waals surface area (Å²) in [6.45, 7) is 0. The van der Waals surface area contributed by atoms with Gasteiger partial charge in [0.15, 0.2) is 5.79 Å². The Balaban J connectivity index is 2.69. The van der Waals surface area contributed by atoms with Gasteiger partial charge < -0.3 is 0 Å². The van der Waals surface area contributed by atoms with Gasteiger partial charge in [-0.2, -0.15) is 0 Å². The van der Waals surface area contributed by atoms with Crippen LogP contribution in [0.3, 0.4) is 0 Å². The van der Waals surface area contributed by atoms with Crippen LogP contribution in [0.1, 0.15) is 6.42 Å². The zero-order chi connectivity index (χ0) is 6.04. The first-order chi connectivity index (χ1) is 3.71. The maximum atomic E-state index is 12.5. The molecule has 0 saturated carbocycles. The topological polar surface area (TPSA) is 26.0 Å². The van der Waals surface area contributed by atoms with Gasteiger partial charge in [-0.05, 0) is 18.6 Å². The highest BCUT2D eigenvalue weighted by Crippen LogP contribution is 2.12. The lowest BCUT2D eigenvalue weighted by atomic mass is 10.1. The van der Waals surface area contributed by atoms with E-state index in [4.69, 9.17) is 5.73 Å². The second kappa shape index (κ2) is 1.71. The van der Waals surface area contributed by atoms with E-state index in [1.165, 1.54) is 12.2 Å². The zero-order valence-corrected chi connectivity index (χ0v) is 4.47. The molecule has 0 unspecified atom stereocenters. The first-order valence-electron chi connectivity index (χ1n) is 2.54. The van der Waals surface area contributed by atoms with Gasteiger partial charge in [-0.15, -0.1) is 0 Å². The molecule has 1 aliphatic carbocycles. The molecule has 0 aromatic heterocycles. The number of alkyl halides is 1. The standard InChI is InChI=1S/C6H8FN/c7-6(8)4-2-1-3-5-6/h2-5H,1,8H2. The van der Waals surface area contributed by atoms with Gasteiger partial charge in [-0.1, -0.05) is 12.2 Å². The van der Waals surface area contributed by atoms with E-state index in [0.717, 1.165) is 6.42 Å². The van der Waals surface area contributed by atoms with Crippen molar-refractivity contribution >= 4 is 0 Å². The molecule has 0 aliphatic heterocycles. The van der Waals surface area contributed by atoms with Crippen LogP contribution in [0.2, 0.25) is 0 Å². The minimum absolute atomic E-state index is 0.795. The monoisotopic (exact) mass is 113 g/mol. The van der Waals surface area contributed by atoms with Crippen LogP contribution >= 0.6 is 0 Å². The first kappa shape index (κ1) is 5.51. The summed E-state index contributed by atoms with van der Waals surface area (Å²) in [6, 6.07) is 0. The third-order valence-corrected chi connectivity index (χ3v) is 1.02. The van der Waals surface area contributed by atoms with Gasteiger partial charge in [0.1, 0.15) is 0 Å². The number of nitrogens with two attached hydrogens (primary N) is 1. The Labute approximate surface area is 47.7 Å². The number of hydrogen-bond donors (Lipinski definition) is 1. The third-order valence-electron chi connectivity index (χ3n) is 1.02. The van der Waals surface area contributed by atoms with Crippen LogP contribution < -0.4 is 5.73 Å². The molecular weight excluding hydrogens is 105 g/mol. The molecule has 1 nitrogen and oxygen atoms in total. The number of halogens is 1. The van der Waals surface area contributed by atoms with Crippen molar-refractivity contribution in [3.63, 3.8) is 0 Å². The molecule has 1 rings (SSSR count). The highest BCUT2D eigenvalue weighted by Gasteiger charge is 2.15. The Hall–Kier alpha value is -0.630. The summed E-state index contributed by atoms with van der Waals surface area (Å²) in [5.41, 5.74) is 5.04. The largest absolute Gasteiger partial charge is 0.292 e. The highest BCUT2D eigenvalue weighted by molar-refractivity contribution is 5.16. The summed E-state index contributed by atoms with van der Waals surface area (Å²) >= 11 is 0. The molecule has 0 bridgehead atoms. The number of hydrogen-bond acceptors (Lipinski definition) is 1. The lowest BCUT2D eigenvalue weighted by Crippen LogP contribution is -2.29. The minimum atomic E-state index is -1.68. The normalized spacial score (nSPS) is 23.8. The molecule has 0 heterocycles. The van der Waals surface area contributed by atoms with Crippen molar-refractivity contribution in [2.45, 2.75) is 12.2 Å². The second-order valence-electron chi connectivity index (χ2n) is 1.87. The van der Waals surface area contributed by atoms with Gasteiger partial charge in [0.25, 0.3) is 0 Å². The van der Waals surface area contributed by atoms with E-state index in [9.17, 15) is 4.39 Å². The van der Waals surface area contributed by atoms with Crippen LogP contribution in [0.15, 0.2) is 24.3 Å². The van der Waals surface area contributed by atoms with E-state index < -0.39 is 5.79 Å². The molecule has 0 spiro atoms. The molecule has 0 aromatic rings. The average Bonchev–Trinajstić information content (AvgIpc) is 1.65.